The van der Waals surface area contributed by atoms with Gasteiger partial charge < -0.3 is 5.32 Å². The number of carbonyl (C=O) groups is 1. The van der Waals surface area contributed by atoms with Crippen LogP contribution < -0.4 is 16.2 Å². The molecule has 3 rings (SSSR count). The van der Waals surface area contributed by atoms with Gasteiger partial charge in [-0.15, -0.1) is 0 Å². The first kappa shape index (κ1) is 19.3. The Morgan fingerprint density at radius 2 is 1.71 bits per heavy atom. The molecule has 0 spiro atoms. The molecule has 8 nitrogen and oxygen atoms in total. The summed E-state index contributed by atoms with van der Waals surface area (Å²) in [5.74, 6) is 0.637. The summed E-state index contributed by atoms with van der Waals surface area (Å²) < 4.78 is 1.39. The lowest BCUT2D eigenvalue weighted by molar-refractivity contribution is 0.262. The first-order chi connectivity index (χ1) is 13.1. The highest BCUT2D eigenvalue weighted by atomic mass is 16.2. The number of hydrogen-bond acceptors (Lipinski definition) is 4. The second-order valence-electron chi connectivity index (χ2n) is 7.70. The van der Waals surface area contributed by atoms with Gasteiger partial charge in [0.1, 0.15) is 5.82 Å². The standard InChI is InChI=1S/C20H24N6O2/c1-12-11-17(27)24-18(21-12)26-16(10-13(2)25-26)23-19(28)22-15-8-6-14(7-9-15)20(3,4)5/h6-11H,1-5H3,(H,21,24,27)(H2,22,23,28). The summed E-state index contributed by atoms with van der Waals surface area (Å²) in [5.41, 5.74) is 2.85. The van der Waals surface area contributed by atoms with Crippen molar-refractivity contribution in [3.05, 3.63) is 63.7 Å². The maximum Gasteiger partial charge on any atom is 0.324 e. The number of benzene rings is 1. The molecule has 3 aromatic rings. The summed E-state index contributed by atoms with van der Waals surface area (Å²) in [6.45, 7) is 9.91. The third kappa shape index (κ3) is 4.46. The number of aromatic nitrogens is 4. The van der Waals surface area contributed by atoms with E-state index in [9.17, 15) is 9.59 Å². The Morgan fingerprint density at radius 3 is 2.32 bits per heavy atom. The normalized spacial score (nSPS) is 11.3. The van der Waals surface area contributed by atoms with Crippen molar-refractivity contribution in [3.63, 3.8) is 0 Å². The Labute approximate surface area is 163 Å². The number of urea groups is 1. The third-order valence-corrected chi connectivity index (χ3v) is 4.14. The number of hydrogen-bond donors (Lipinski definition) is 3. The van der Waals surface area contributed by atoms with E-state index in [2.05, 4.69) is 46.5 Å². The van der Waals surface area contributed by atoms with Crippen molar-refractivity contribution < 1.29 is 4.79 Å². The Hall–Kier alpha value is -3.42. The number of aromatic amines is 1. The predicted octanol–water partition coefficient (Wildman–Crippen LogP) is 3.51. The molecule has 2 amide bonds. The molecule has 3 N–H and O–H groups in total. The summed E-state index contributed by atoms with van der Waals surface area (Å²) in [6.07, 6.45) is 0. The average molecular weight is 380 g/mol. The zero-order chi connectivity index (χ0) is 20.5. The topological polar surface area (TPSA) is 105 Å². The number of carbonyl (C=O) groups excluding carboxylic acids is 1. The molecule has 0 aliphatic carbocycles. The van der Waals surface area contributed by atoms with Crippen LogP contribution in [0.4, 0.5) is 16.3 Å². The van der Waals surface area contributed by atoms with E-state index in [0.717, 1.165) is 0 Å². The third-order valence-electron chi connectivity index (χ3n) is 4.14. The van der Waals surface area contributed by atoms with E-state index in [-0.39, 0.29) is 16.9 Å². The number of amides is 2. The Bertz CT molecular complexity index is 1060. The highest BCUT2D eigenvalue weighted by Crippen LogP contribution is 2.23. The first-order valence-electron chi connectivity index (χ1n) is 8.95. The zero-order valence-corrected chi connectivity index (χ0v) is 16.6. The van der Waals surface area contributed by atoms with Crippen molar-refractivity contribution in [3.8, 4) is 5.95 Å². The minimum atomic E-state index is -0.417. The summed E-state index contributed by atoms with van der Waals surface area (Å²) in [4.78, 5) is 31.1. The maximum atomic E-state index is 12.4. The molecule has 8 heteroatoms. The molecule has 0 aliphatic heterocycles. The molecule has 146 valence electrons. The fraction of sp³-hybridized carbons (Fsp3) is 0.300. The number of H-pyrrole nitrogens is 1. The van der Waals surface area contributed by atoms with Crippen LogP contribution in [0.1, 0.15) is 37.7 Å². The molecule has 28 heavy (non-hydrogen) atoms. The van der Waals surface area contributed by atoms with Gasteiger partial charge in [-0.2, -0.15) is 9.78 Å². The van der Waals surface area contributed by atoms with Gasteiger partial charge in [0.2, 0.25) is 5.95 Å². The number of nitrogens with one attached hydrogen (secondary N) is 3. The second-order valence-corrected chi connectivity index (χ2v) is 7.70. The smallest absolute Gasteiger partial charge is 0.308 e. The minimum absolute atomic E-state index is 0.0442. The van der Waals surface area contributed by atoms with Crippen LogP contribution in [0.2, 0.25) is 0 Å². The van der Waals surface area contributed by atoms with Crippen molar-refractivity contribution in [2.45, 2.75) is 40.0 Å². The Morgan fingerprint density at radius 1 is 1.04 bits per heavy atom. The Kier molecular flexibility index (Phi) is 5.04. The van der Waals surface area contributed by atoms with Crippen molar-refractivity contribution >= 4 is 17.5 Å². The number of anilines is 2. The van der Waals surface area contributed by atoms with Crippen molar-refractivity contribution in [1.29, 1.82) is 0 Å². The van der Waals surface area contributed by atoms with E-state index in [0.29, 0.717) is 22.9 Å². The van der Waals surface area contributed by atoms with E-state index in [1.807, 2.05) is 24.3 Å². The molecular formula is C20H24N6O2. The molecule has 0 aliphatic rings. The zero-order valence-electron chi connectivity index (χ0n) is 16.6. The van der Waals surface area contributed by atoms with Gasteiger partial charge in [-0.1, -0.05) is 32.9 Å². The molecule has 0 unspecified atom stereocenters. The van der Waals surface area contributed by atoms with Gasteiger partial charge in [0.15, 0.2) is 0 Å². The largest absolute Gasteiger partial charge is 0.324 e. The van der Waals surface area contributed by atoms with Crippen molar-refractivity contribution in [2.24, 2.45) is 0 Å². The van der Waals surface area contributed by atoms with Crippen molar-refractivity contribution in [2.75, 3.05) is 10.6 Å². The van der Waals surface area contributed by atoms with Gasteiger partial charge >= 0.3 is 6.03 Å². The van der Waals surface area contributed by atoms with Gasteiger partial charge in [0.25, 0.3) is 5.56 Å². The molecular weight excluding hydrogens is 356 g/mol. The molecule has 0 radical (unpaired) electrons. The summed E-state index contributed by atoms with van der Waals surface area (Å²) >= 11 is 0. The van der Waals surface area contributed by atoms with E-state index < -0.39 is 6.03 Å². The lowest BCUT2D eigenvalue weighted by Gasteiger charge is -2.19. The number of aryl methyl sites for hydroxylation is 2. The van der Waals surface area contributed by atoms with E-state index in [1.165, 1.54) is 16.3 Å². The van der Waals surface area contributed by atoms with E-state index in [4.69, 9.17) is 0 Å². The molecule has 0 saturated carbocycles. The van der Waals surface area contributed by atoms with Crippen LogP contribution in [0, 0.1) is 13.8 Å². The first-order valence-corrected chi connectivity index (χ1v) is 8.95. The molecule has 2 heterocycles. The molecule has 0 fully saturated rings. The fourth-order valence-electron chi connectivity index (χ4n) is 2.75. The van der Waals surface area contributed by atoms with Crippen molar-refractivity contribution in [1.82, 2.24) is 19.7 Å². The molecule has 2 aromatic heterocycles. The van der Waals surface area contributed by atoms with Crippen LogP contribution in [-0.2, 0) is 5.41 Å². The monoisotopic (exact) mass is 380 g/mol. The fourth-order valence-corrected chi connectivity index (χ4v) is 2.75. The van der Waals surface area contributed by atoms with Gasteiger partial charge in [-0.3, -0.25) is 15.1 Å². The lowest BCUT2D eigenvalue weighted by atomic mass is 9.87. The quantitative estimate of drug-likeness (QED) is 0.646. The van der Waals surface area contributed by atoms with Crippen LogP contribution in [0.5, 0.6) is 0 Å². The number of nitrogens with zero attached hydrogens (tertiary/aromatic N) is 3. The van der Waals surface area contributed by atoms with Gasteiger partial charge in [-0.25, -0.2) is 9.78 Å². The minimum Gasteiger partial charge on any atom is -0.308 e. The maximum absolute atomic E-state index is 12.4. The van der Waals surface area contributed by atoms with Crippen LogP contribution in [0.3, 0.4) is 0 Å². The molecule has 0 atom stereocenters. The van der Waals surface area contributed by atoms with E-state index in [1.54, 1.807) is 19.9 Å². The van der Waals surface area contributed by atoms with Gasteiger partial charge in [0, 0.05) is 23.5 Å². The lowest BCUT2D eigenvalue weighted by Crippen LogP contribution is -2.22. The van der Waals surface area contributed by atoms with E-state index >= 15 is 0 Å². The summed E-state index contributed by atoms with van der Waals surface area (Å²) in [7, 11) is 0. The highest BCUT2D eigenvalue weighted by molar-refractivity contribution is 5.99. The molecule has 1 aromatic carbocycles. The van der Waals surface area contributed by atoms with Crippen LogP contribution in [0.25, 0.3) is 5.95 Å². The Balaban J connectivity index is 1.79. The molecule has 0 saturated heterocycles. The van der Waals surface area contributed by atoms with Gasteiger partial charge in [-0.05, 0) is 37.0 Å². The predicted molar refractivity (Wildman–Crippen MR) is 109 cm³/mol. The van der Waals surface area contributed by atoms with Crippen LogP contribution >= 0.6 is 0 Å². The van der Waals surface area contributed by atoms with Crippen LogP contribution in [0.15, 0.2) is 41.2 Å². The average Bonchev–Trinajstić information content (AvgIpc) is 2.94. The summed E-state index contributed by atoms with van der Waals surface area (Å²) in [5, 5.41) is 9.85. The molecule has 0 bridgehead atoms. The SMILES string of the molecule is Cc1cc(=O)[nH]c(-n2nc(C)cc2NC(=O)Nc2ccc(C(C)(C)C)cc2)n1. The van der Waals surface area contributed by atoms with Gasteiger partial charge in [0.05, 0.1) is 5.69 Å². The summed E-state index contributed by atoms with van der Waals surface area (Å²) in [6, 6.07) is 10.4. The highest BCUT2D eigenvalue weighted by Gasteiger charge is 2.15. The number of rotatable bonds is 3. The second kappa shape index (κ2) is 7.30. The van der Waals surface area contributed by atoms with Crippen LogP contribution in [-0.4, -0.2) is 25.8 Å².